The van der Waals surface area contributed by atoms with Crippen LogP contribution in [0.25, 0.3) is 10.9 Å². The van der Waals surface area contributed by atoms with Crippen molar-refractivity contribution in [3.05, 3.63) is 64.3 Å². The first-order valence-electron chi connectivity index (χ1n) is 7.49. The van der Waals surface area contributed by atoms with Crippen LogP contribution in [0.2, 0.25) is 10.0 Å². The smallest absolute Gasteiger partial charge is 0.171 e. The Hall–Kier alpha value is -2.08. The number of hydrogen-bond acceptors (Lipinski definition) is 3. The number of methoxy groups -OCH3 is 1. The minimum atomic E-state index is 0.487. The van der Waals surface area contributed by atoms with Crippen molar-refractivity contribution in [2.24, 2.45) is 0 Å². The number of anilines is 1. The van der Waals surface area contributed by atoms with Gasteiger partial charge in [-0.3, -0.25) is 4.98 Å². The second kappa shape index (κ2) is 7.87. The Kier molecular flexibility index (Phi) is 5.58. The maximum atomic E-state index is 6.17. The predicted molar refractivity (Wildman–Crippen MR) is 108 cm³/mol. The summed E-state index contributed by atoms with van der Waals surface area (Å²) in [5.74, 6) is 0.716. The van der Waals surface area contributed by atoms with E-state index in [1.54, 1.807) is 25.4 Å². The lowest BCUT2D eigenvalue weighted by Gasteiger charge is -2.14. The first kappa shape index (κ1) is 17.7. The first-order valence-corrected chi connectivity index (χ1v) is 8.65. The number of nitrogens with zero attached hydrogens (tertiary/aromatic N) is 1. The molecule has 0 atom stereocenters. The van der Waals surface area contributed by atoms with Crippen LogP contribution in [0.4, 0.5) is 5.69 Å². The molecule has 0 aliphatic carbocycles. The summed E-state index contributed by atoms with van der Waals surface area (Å²) in [4.78, 5) is 4.37. The van der Waals surface area contributed by atoms with Crippen LogP contribution in [0.15, 0.2) is 48.7 Å². The quantitative estimate of drug-likeness (QED) is 0.610. The molecule has 0 aliphatic rings. The van der Waals surface area contributed by atoms with Crippen molar-refractivity contribution in [3.63, 3.8) is 0 Å². The Balaban J connectivity index is 1.74. The fourth-order valence-corrected chi connectivity index (χ4v) is 3.08. The molecule has 128 valence electrons. The van der Waals surface area contributed by atoms with Gasteiger partial charge in [-0.05, 0) is 54.2 Å². The van der Waals surface area contributed by atoms with Gasteiger partial charge in [0.05, 0.1) is 7.11 Å². The minimum Gasteiger partial charge on any atom is -0.494 e. The lowest BCUT2D eigenvalue weighted by molar-refractivity contribution is 0.419. The van der Waals surface area contributed by atoms with Gasteiger partial charge < -0.3 is 15.4 Å². The number of nitrogens with one attached hydrogen (secondary N) is 2. The normalized spacial score (nSPS) is 10.5. The molecule has 3 aromatic rings. The Morgan fingerprint density at radius 3 is 2.80 bits per heavy atom. The highest BCUT2D eigenvalue weighted by Crippen LogP contribution is 2.29. The van der Waals surface area contributed by atoms with Gasteiger partial charge in [-0.15, -0.1) is 0 Å². The number of thiocarbonyl (C=S) groups is 1. The molecule has 25 heavy (non-hydrogen) atoms. The van der Waals surface area contributed by atoms with E-state index in [2.05, 4.69) is 15.6 Å². The molecule has 1 heterocycles. The van der Waals surface area contributed by atoms with Crippen molar-refractivity contribution < 1.29 is 4.74 Å². The van der Waals surface area contributed by atoms with E-state index in [9.17, 15) is 0 Å². The molecule has 1 aromatic heterocycles. The van der Waals surface area contributed by atoms with E-state index in [-0.39, 0.29) is 0 Å². The molecule has 2 N–H and O–H groups in total. The number of hydrogen-bond donors (Lipinski definition) is 2. The van der Waals surface area contributed by atoms with Crippen molar-refractivity contribution >= 4 is 57.1 Å². The molecule has 2 aromatic carbocycles. The maximum absolute atomic E-state index is 6.17. The summed E-state index contributed by atoms with van der Waals surface area (Å²) in [7, 11) is 1.62. The van der Waals surface area contributed by atoms with E-state index >= 15 is 0 Å². The molecule has 7 heteroatoms. The van der Waals surface area contributed by atoms with Gasteiger partial charge in [0.25, 0.3) is 0 Å². The maximum Gasteiger partial charge on any atom is 0.171 e. The molecule has 0 spiro atoms. The largest absolute Gasteiger partial charge is 0.494 e. The first-order chi connectivity index (χ1) is 12.1. The van der Waals surface area contributed by atoms with Crippen LogP contribution in [0.3, 0.4) is 0 Å². The third-order valence-electron chi connectivity index (χ3n) is 3.66. The fourth-order valence-electron chi connectivity index (χ4n) is 2.43. The highest BCUT2D eigenvalue weighted by molar-refractivity contribution is 7.80. The average molecular weight is 392 g/mol. The third-order valence-corrected chi connectivity index (χ3v) is 4.49. The van der Waals surface area contributed by atoms with Gasteiger partial charge in [-0.25, -0.2) is 0 Å². The topological polar surface area (TPSA) is 46.2 Å². The van der Waals surface area contributed by atoms with Gasteiger partial charge >= 0.3 is 0 Å². The van der Waals surface area contributed by atoms with Gasteiger partial charge in [0, 0.05) is 33.9 Å². The number of pyridine rings is 1. The van der Waals surface area contributed by atoms with Gasteiger partial charge in [0.2, 0.25) is 0 Å². The number of ether oxygens (including phenoxy) is 1. The van der Waals surface area contributed by atoms with Crippen molar-refractivity contribution in [1.29, 1.82) is 0 Å². The number of rotatable bonds is 4. The lowest BCUT2D eigenvalue weighted by Crippen LogP contribution is -2.28. The average Bonchev–Trinajstić information content (AvgIpc) is 2.61. The van der Waals surface area contributed by atoms with Crippen molar-refractivity contribution in [2.45, 2.75) is 6.54 Å². The highest BCUT2D eigenvalue weighted by atomic mass is 35.5. The number of benzene rings is 2. The van der Waals surface area contributed by atoms with Crippen molar-refractivity contribution in [1.82, 2.24) is 10.3 Å². The van der Waals surface area contributed by atoms with E-state index in [1.165, 1.54) is 0 Å². The van der Waals surface area contributed by atoms with E-state index < -0.39 is 0 Å². The molecule has 0 bridgehead atoms. The van der Waals surface area contributed by atoms with Crippen LogP contribution in [-0.4, -0.2) is 17.2 Å². The molecule has 0 aliphatic heterocycles. The van der Waals surface area contributed by atoms with E-state index in [4.69, 9.17) is 40.2 Å². The van der Waals surface area contributed by atoms with E-state index in [0.717, 1.165) is 22.2 Å². The fraction of sp³-hybridized carbons (Fsp3) is 0.111. The molecular formula is C18H15Cl2N3OS. The summed E-state index contributed by atoms with van der Waals surface area (Å²) in [5, 5.41) is 8.95. The standard InChI is InChI=1S/C18H15Cl2N3OS/c1-24-16-7-6-15(13-3-2-8-21-17(13)16)23-18(25)22-10-11-4-5-12(19)9-14(11)20/h2-9H,10H2,1H3,(H2,22,23,25). The molecule has 0 amide bonds. The van der Waals surface area contributed by atoms with E-state index in [1.807, 2.05) is 30.3 Å². The van der Waals surface area contributed by atoms with Gasteiger partial charge in [0.1, 0.15) is 11.3 Å². The van der Waals surface area contributed by atoms with Gasteiger partial charge in [-0.2, -0.15) is 0 Å². The summed E-state index contributed by atoms with van der Waals surface area (Å²) in [5.41, 5.74) is 2.54. The van der Waals surface area contributed by atoms with E-state index in [0.29, 0.717) is 27.5 Å². The van der Waals surface area contributed by atoms with Crippen LogP contribution in [-0.2, 0) is 6.54 Å². The highest BCUT2D eigenvalue weighted by Gasteiger charge is 2.09. The number of aromatic nitrogens is 1. The second-order valence-corrected chi connectivity index (χ2v) is 6.51. The summed E-state index contributed by atoms with van der Waals surface area (Å²) in [6, 6.07) is 13.0. The zero-order chi connectivity index (χ0) is 17.8. The monoisotopic (exact) mass is 391 g/mol. The molecule has 0 saturated carbocycles. The molecule has 0 unspecified atom stereocenters. The Bertz CT molecular complexity index is 933. The van der Waals surface area contributed by atoms with Gasteiger partial charge in [-0.1, -0.05) is 29.3 Å². The molecule has 3 rings (SSSR count). The Morgan fingerprint density at radius 2 is 2.04 bits per heavy atom. The van der Waals surface area contributed by atoms with Crippen molar-refractivity contribution in [3.8, 4) is 5.75 Å². The van der Waals surface area contributed by atoms with Crippen LogP contribution in [0, 0.1) is 0 Å². The second-order valence-electron chi connectivity index (χ2n) is 5.26. The summed E-state index contributed by atoms with van der Waals surface area (Å²) in [6.45, 7) is 0.494. The van der Waals surface area contributed by atoms with Crippen LogP contribution < -0.4 is 15.4 Å². The van der Waals surface area contributed by atoms with Crippen LogP contribution in [0.1, 0.15) is 5.56 Å². The molecule has 0 fully saturated rings. The third kappa shape index (κ3) is 4.12. The molecule has 0 radical (unpaired) electrons. The molecule has 4 nitrogen and oxygen atoms in total. The predicted octanol–water partition coefficient (Wildman–Crippen LogP) is 5.04. The summed E-state index contributed by atoms with van der Waals surface area (Å²) >= 11 is 17.5. The lowest BCUT2D eigenvalue weighted by atomic mass is 10.1. The SMILES string of the molecule is COc1ccc(NC(=S)NCc2ccc(Cl)cc2Cl)c2cccnc12. The Labute approximate surface area is 161 Å². The molecular weight excluding hydrogens is 377 g/mol. The molecule has 0 saturated heterocycles. The van der Waals surface area contributed by atoms with Crippen LogP contribution in [0.5, 0.6) is 5.75 Å². The minimum absolute atomic E-state index is 0.487. The summed E-state index contributed by atoms with van der Waals surface area (Å²) < 4.78 is 5.35. The number of fused-ring (bicyclic) bond motifs is 1. The Morgan fingerprint density at radius 1 is 1.20 bits per heavy atom. The zero-order valence-electron chi connectivity index (χ0n) is 13.3. The van der Waals surface area contributed by atoms with Crippen LogP contribution >= 0.6 is 35.4 Å². The van der Waals surface area contributed by atoms with Gasteiger partial charge in [0.15, 0.2) is 5.11 Å². The van der Waals surface area contributed by atoms with Crippen molar-refractivity contribution in [2.75, 3.05) is 12.4 Å². The number of halogens is 2. The summed E-state index contributed by atoms with van der Waals surface area (Å²) in [6.07, 6.45) is 1.73. The zero-order valence-corrected chi connectivity index (χ0v) is 15.7.